The molecular weight excluding hydrogens is 302 g/mol. The molecule has 0 amide bonds. The number of rotatable bonds is 1. The van der Waals surface area contributed by atoms with Gasteiger partial charge in [0.25, 0.3) is 0 Å². The smallest absolute Gasteiger partial charge is 0.383 e. The van der Waals surface area contributed by atoms with Crippen LogP contribution in [0.2, 0.25) is 10.0 Å². The zero-order chi connectivity index (χ0) is 14.4. The molecule has 0 aliphatic carbocycles. The first kappa shape index (κ1) is 14.0. The Bertz CT molecular complexity index is 592. The van der Waals surface area contributed by atoms with E-state index in [1.807, 2.05) is 0 Å². The molecule has 1 aromatic heterocycles. The zero-order valence-corrected chi connectivity index (χ0v) is 11.1. The van der Waals surface area contributed by atoms with Crippen molar-refractivity contribution in [3.8, 4) is 5.69 Å². The van der Waals surface area contributed by atoms with Gasteiger partial charge in [-0.25, -0.2) is 4.98 Å². The minimum Gasteiger partial charge on any atom is -0.383 e. The highest BCUT2D eigenvalue weighted by Gasteiger charge is 2.32. The summed E-state index contributed by atoms with van der Waals surface area (Å²) >= 11 is 11.8. The number of hydrogen-bond donors (Lipinski definition) is 1. The van der Waals surface area contributed by atoms with Crippen molar-refractivity contribution < 1.29 is 13.2 Å². The number of imidazole rings is 1. The molecule has 2 aromatic rings. The van der Waals surface area contributed by atoms with Crippen molar-refractivity contribution in [2.75, 3.05) is 5.73 Å². The number of nitrogen functional groups attached to an aromatic ring is 1. The van der Waals surface area contributed by atoms with E-state index in [1.165, 1.54) is 10.8 Å². The molecule has 0 aliphatic rings. The summed E-state index contributed by atoms with van der Waals surface area (Å²) in [5.74, 6) is 0.710. The molecule has 0 atom stereocenters. The van der Waals surface area contributed by atoms with Crippen LogP contribution in [0.3, 0.4) is 0 Å². The first-order valence-corrected chi connectivity index (χ1v) is 5.84. The Hall–Kier alpha value is -1.40. The third-order valence-electron chi connectivity index (χ3n) is 2.53. The van der Waals surface area contributed by atoms with E-state index in [4.69, 9.17) is 28.9 Å². The Kier molecular flexibility index (Phi) is 3.40. The van der Waals surface area contributed by atoms with Crippen molar-refractivity contribution in [3.05, 3.63) is 39.8 Å². The van der Waals surface area contributed by atoms with E-state index in [-0.39, 0.29) is 21.6 Å². The first-order chi connectivity index (χ1) is 8.71. The molecule has 1 heterocycles. The Morgan fingerprint density at radius 2 is 1.74 bits per heavy atom. The number of aromatic nitrogens is 2. The van der Waals surface area contributed by atoms with Gasteiger partial charge in [0.05, 0.1) is 27.5 Å². The lowest BCUT2D eigenvalue weighted by Crippen LogP contribution is -2.08. The second kappa shape index (κ2) is 4.61. The second-order valence-corrected chi connectivity index (χ2v) is 4.67. The van der Waals surface area contributed by atoms with Gasteiger partial charge >= 0.3 is 6.18 Å². The third-order valence-corrected chi connectivity index (χ3v) is 3.11. The summed E-state index contributed by atoms with van der Waals surface area (Å²) in [7, 11) is 0. The van der Waals surface area contributed by atoms with Gasteiger partial charge < -0.3 is 5.73 Å². The molecule has 102 valence electrons. The van der Waals surface area contributed by atoms with E-state index in [9.17, 15) is 13.2 Å². The molecule has 0 bridgehead atoms. The highest BCUT2D eigenvalue weighted by molar-refractivity contribution is 6.38. The fraction of sp³-hybridized carbons (Fsp3) is 0.182. The molecule has 0 unspecified atom stereocenters. The van der Waals surface area contributed by atoms with E-state index in [0.29, 0.717) is 5.82 Å². The van der Waals surface area contributed by atoms with Crippen molar-refractivity contribution in [1.29, 1.82) is 0 Å². The largest absolute Gasteiger partial charge is 0.416 e. The number of halogens is 5. The normalized spacial score (nSPS) is 11.9. The van der Waals surface area contributed by atoms with Crippen LogP contribution in [0.4, 0.5) is 19.0 Å². The molecule has 0 spiro atoms. The van der Waals surface area contributed by atoms with Gasteiger partial charge in [-0.15, -0.1) is 0 Å². The minimum atomic E-state index is -4.51. The molecule has 2 rings (SSSR count). The fourth-order valence-electron chi connectivity index (χ4n) is 1.70. The molecule has 3 nitrogen and oxygen atoms in total. The predicted molar refractivity (Wildman–Crippen MR) is 67.7 cm³/mol. The molecule has 0 saturated carbocycles. The predicted octanol–water partition coefficient (Wildman–Crippen LogP) is 4.09. The molecule has 2 N–H and O–H groups in total. The van der Waals surface area contributed by atoms with Crippen molar-refractivity contribution in [3.63, 3.8) is 0 Å². The lowest BCUT2D eigenvalue weighted by atomic mass is 10.2. The number of alkyl halides is 3. The number of nitrogens with two attached hydrogens (primary N) is 1. The molecule has 0 radical (unpaired) electrons. The molecule has 0 aliphatic heterocycles. The van der Waals surface area contributed by atoms with E-state index >= 15 is 0 Å². The zero-order valence-electron chi connectivity index (χ0n) is 9.59. The van der Waals surface area contributed by atoms with Gasteiger partial charge in [0.1, 0.15) is 11.6 Å². The van der Waals surface area contributed by atoms with Crippen molar-refractivity contribution in [2.24, 2.45) is 0 Å². The highest BCUT2D eigenvalue weighted by Crippen LogP contribution is 2.38. The molecular formula is C11H8Cl2F3N3. The monoisotopic (exact) mass is 309 g/mol. The number of hydrogen-bond acceptors (Lipinski definition) is 2. The van der Waals surface area contributed by atoms with E-state index in [0.717, 1.165) is 12.1 Å². The summed E-state index contributed by atoms with van der Waals surface area (Å²) in [6, 6.07) is 1.61. The van der Waals surface area contributed by atoms with E-state index in [1.54, 1.807) is 6.92 Å². The molecule has 1 aromatic carbocycles. The van der Waals surface area contributed by atoms with Crippen LogP contribution in [0.25, 0.3) is 5.69 Å². The van der Waals surface area contributed by atoms with Crippen LogP contribution in [0, 0.1) is 6.92 Å². The average Bonchev–Trinajstić information content (AvgIpc) is 2.58. The van der Waals surface area contributed by atoms with Gasteiger partial charge in [0.15, 0.2) is 0 Å². The molecule has 0 saturated heterocycles. The Morgan fingerprint density at radius 1 is 1.21 bits per heavy atom. The van der Waals surface area contributed by atoms with Crippen molar-refractivity contribution >= 4 is 29.0 Å². The maximum atomic E-state index is 12.6. The quantitative estimate of drug-likeness (QED) is 0.862. The number of nitrogens with zero attached hydrogens (tertiary/aromatic N) is 2. The molecule has 8 heteroatoms. The molecule has 0 fully saturated rings. The van der Waals surface area contributed by atoms with Gasteiger partial charge in [-0.1, -0.05) is 23.2 Å². The second-order valence-electron chi connectivity index (χ2n) is 3.85. The average molecular weight is 310 g/mol. The summed E-state index contributed by atoms with van der Waals surface area (Å²) in [4.78, 5) is 3.94. The Balaban J connectivity index is 2.68. The van der Waals surface area contributed by atoms with Crippen LogP contribution in [-0.2, 0) is 6.18 Å². The topological polar surface area (TPSA) is 43.8 Å². The van der Waals surface area contributed by atoms with Crippen molar-refractivity contribution in [2.45, 2.75) is 13.1 Å². The standard InChI is InChI=1S/C11H8Cl2F3N3/c1-5-18-4-9(17)19(5)10-7(12)2-6(3-8(10)13)11(14,15)16/h2-4H,17H2,1H3. The van der Waals surface area contributed by atoms with Crippen LogP contribution in [0.15, 0.2) is 18.3 Å². The lowest BCUT2D eigenvalue weighted by Gasteiger charge is -2.14. The van der Waals surface area contributed by atoms with Crippen LogP contribution < -0.4 is 5.73 Å². The summed E-state index contributed by atoms with van der Waals surface area (Å²) < 4.78 is 39.3. The maximum absolute atomic E-state index is 12.6. The first-order valence-electron chi connectivity index (χ1n) is 5.08. The number of benzene rings is 1. The van der Waals surface area contributed by atoms with Gasteiger partial charge in [-0.2, -0.15) is 13.2 Å². The van der Waals surface area contributed by atoms with Crippen LogP contribution in [0.1, 0.15) is 11.4 Å². The lowest BCUT2D eigenvalue weighted by molar-refractivity contribution is -0.137. The maximum Gasteiger partial charge on any atom is 0.416 e. The van der Waals surface area contributed by atoms with Gasteiger partial charge in [0, 0.05) is 0 Å². The van der Waals surface area contributed by atoms with Gasteiger partial charge in [0.2, 0.25) is 0 Å². The van der Waals surface area contributed by atoms with Gasteiger partial charge in [-0.3, -0.25) is 4.57 Å². The van der Waals surface area contributed by atoms with Crippen molar-refractivity contribution in [1.82, 2.24) is 9.55 Å². The van der Waals surface area contributed by atoms with Crippen LogP contribution >= 0.6 is 23.2 Å². The molecule has 19 heavy (non-hydrogen) atoms. The van der Waals surface area contributed by atoms with Crippen LogP contribution in [-0.4, -0.2) is 9.55 Å². The third kappa shape index (κ3) is 2.50. The SMILES string of the molecule is Cc1ncc(N)n1-c1c(Cl)cc(C(F)(F)F)cc1Cl. The Morgan fingerprint density at radius 3 is 2.11 bits per heavy atom. The van der Waals surface area contributed by atoms with Crippen LogP contribution in [0.5, 0.6) is 0 Å². The summed E-state index contributed by atoms with van der Waals surface area (Å²) in [5.41, 5.74) is 4.97. The highest BCUT2D eigenvalue weighted by atomic mass is 35.5. The van der Waals surface area contributed by atoms with Gasteiger partial charge in [-0.05, 0) is 19.1 Å². The summed E-state index contributed by atoms with van der Waals surface area (Å²) in [5, 5.41) is -0.291. The number of anilines is 1. The minimum absolute atomic E-state index is 0.146. The van der Waals surface area contributed by atoms with E-state index in [2.05, 4.69) is 4.98 Å². The summed E-state index contributed by atoms with van der Waals surface area (Å²) in [6.45, 7) is 1.64. The number of aryl methyl sites for hydroxylation is 1. The fourth-order valence-corrected chi connectivity index (χ4v) is 2.35. The Labute approximate surface area is 116 Å². The summed E-state index contributed by atoms with van der Waals surface area (Å²) in [6.07, 6.45) is -3.14. The van der Waals surface area contributed by atoms with E-state index < -0.39 is 11.7 Å².